The lowest BCUT2D eigenvalue weighted by molar-refractivity contribution is -0.142. The number of benzene rings is 2. The molecule has 0 aromatic heterocycles. The number of nitrogens with zero attached hydrogens (tertiary/aromatic N) is 1. The molecule has 0 bridgehead atoms. The first-order valence-corrected chi connectivity index (χ1v) is 10.3. The largest absolute Gasteiger partial charge is 0.493 e. The fourth-order valence-corrected chi connectivity index (χ4v) is 4.15. The van der Waals surface area contributed by atoms with Crippen molar-refractivity contribution in [1.82, 2.24) is 4.90 Å². The Kier molecular flexibility index (Phi) is 5.02. The molecule has 1 saturated heterocycles. The molecule has 0 N–H and O–H groups in total. The lowest BCUT2D eigenvalue weighted by Crippen LogP contribution is -2.38. The molecule has 2 aromatic rings. The van der Waals surface area contributed by atoms with Crippen molar-refractivity contribution in [3.8, 4) is 17.2 Å². The van der Waals surface area contributed by atoms with E-state index in [1.807, 2.05) is 35.2 Å². The van der Waals surface area contributed by atoms with Crippen molar-refractivity contribution in [3.05, 3.63) is 53.1 Å². The van der Waals surface area contributed by atoms with Gasteiger partial charge in [-0.05, 0) is 47.7 Å². The third kappa shape index (κ3) is 3.90. The van der Waals surface area contributed by atoms with Crippen LogP contribution in [0, 0.1) is 0 Å². The van der Waals surface area contributed by atoms with Gasteiger partial charge in [0, 0.05) is 26.1 Å². The van der Waals surface area contributed by atoms with Gasteiger partial charge in [0.1, 0.15) is 25.1 Å². The first-order valence-electron chi connectivity index (χ1n) is 10.3. The molecule has 29 heavy (non-hydrogen) atoms. The van der Waals surface area contributed by atoms with Crippen molar-refractivity contribution >= 4 is 5.91 Å². The van der Waals surface area contributed by atoms with Gasteiger partial charge < -0.3 is 23.8 Å². The van der Waals surface area contributed by atoms with Gasteiger partial charge in [-0.2, -0.15) is 0 Å². The van der Waals surface area contributed by atoms with Crippen LogP contribution >= 0.6 is 0 Å². The van der Waals surface area contributed by atoms with Gasteiger partial charge in [-0.15, -0.1) is 0 Å². The zero-order chi connectivity index (χ0) is 19.6. The van der Waals surface area contributed by atoms with Gasteiger partial charge in [-0.25, -0.2) is 0 Å². The second-order valence-electron chi connectivity index (χ2n) is 7.71. The van der Waals surface area contributed by atoms with Crippen LogP contribution in [0.5, 0.6) is 17.2 Å². The summed E-state index contributed by atoms with van der Waals surface area (Å²) in [5, 5.41) is 0. The molecule has 5 rings (SSSR count). The van der Waals surface area contributed by atoms with Gasteiger partial charge in [0.2, 0.25) is 0 Å². The molecule has 0 spiro atoms. The zero-order valence-electron chi connectivity index (χ0n) is 16.4. The first-order chi connectivity index (χ1) is 14.3. The smallest absolute Gasteiger partial charge is 0.252 e. The summed E-state index contributed by atoms with van der Waals surface area (Å²) >= 11 is 0. The van der Waals surface area contributed by atoms with Crippen molar-refractivity contribution < 1.29 is 23.7 Å². The molecule has 3 aliphatic rings. The van der Waals surface area contributed by atoms with E-state index in [0.717, 1.165) is 54.2 Å². The Morgan fingerprint density at radius 2 is 1.59 bits per heavy atom. The van der Waals surface area contributed by atoms with Crippen molar-refractivity contribution in [3.63, 3.8) is 0 Å². The van der Waals surface area contributed by atoms with E-state index in [1.54, 1.807) is 0 Å². The molecule has 0 radical (unpaired) electrons. The maximum absolute atomic E-state index is 13.2. The molecule has 6 heteroatoms. The molecule has 1 amide bonds. The minimum Gasteiger partial charge on any atom is -0.493 e. The molecule has 3 heterocycles. The van der Waals surface area contributed by atoms with Crippen LogP contribution in [-0.2, 0) is 29.0 Å². The summed E-state index contributed by atoms with van der Waals surface area (Å²) in [5.74, 6) is 2.51. The van der Waals surface area contributed by atoms with Gasteiger partial charge in [-0.3, -0.25) is 4.79 Å². The van der Waals surface area contributed by atoms with Crippen LogP contribution in [0.15, 0.2) is 36.4 Å². The third-order valence-electron chi connectivity index (χ3n) is 5.62. The Hall–Kier alpha value is -2.73. The van der Waals surface area contributed by atoms with Crippen molar-refractivity contribution in [2.24, 2.45) is 0 Å². The summed E-state index contributed by atoms with van der Waals surface area (Å²) in [4.78, 5) is 15.1. The number of rotatable bonds is 5. The fourth-order valence-electron chi connectivity index (χ4n) is 4.15. The monoisotopic (exact) mass is 395 g/mol. The van der Waals surface area contributed by atoms with Gasteiger partial charge in [-0.1, -0.05) is 18.2 Å². The van der Waals surface area contributed by atoms with E-state index < -0.39 is 0 Å². The number of fused-ring (bicyclic) bond motifs is 2. The molecule has 0 saturated carbocycles. The maximum atomic E-state index is 13.2. The van der Waals surface area contributed by atoms with Crippen LogP contribution < -0.4 is 14.2 Å². The Bertz CT molecular complexity index is 906. The number of amides is 1. The molecule has 6 nitrogen and oxygen atoms in total. The molecular weight excluding hydrogens is 370 g/mol. The SMILES string of the molecule is O=C([C@H]1CCCO1)N(Cc1ccc2c(c1)CCO2)Cc1ccc2c(c1)OCCO2. The average molecular weight is 395 g/mol. The highest BCUT2D eigenvalue weighted by atomic mass is 16.6. The quantitative estimate of drug-likeness (QED) is 0.779. The highest BCUT2D eigenvalue weighted by Crippen LogP contribution is 2.32. The van der Waals surface area contributed by atoms with E-state index in [1.165, 1.54) is 5.56 Å². The lowest BCUT2D eigenvalue weighted by atomic mass is 10.1. The van der Waals surface area contributed by atoms with Crippen LogP contribution in [0.4, 0.5) is 0 Å². The molecule has 0 unspecified atom stereocenters. The molecule has 152 valence electrons. The van der Waals surface area contributed by atoms with E-state index in [2.05, 4.69) is 6.07 Å². The van der Waals surface area contributed by atoms with Crippen molar-refractivity contribution in [2.75, 3.05) is 26.4 Å². The van der Waals surface area contributed by atoms with E-state index in [-0.39, 0.29) is 12.0 Å². The maximum Gasteiger partial charge on any atom is 0.252 e. The number of carbonyl (C=O) groups is 1. The van der Waals surface area contributed by atoms with Crippen molar-refractivity contribution in [1.29, 1.82) is 0 Å². The lowest BCUT2D eigenvalue weighted by Gasteiger charge is -2.26. The summed E-state index contributed by atoms with van der Waals surface area (Å²) < 4.78 is 22.6. The van der Waals surface area contributed by atoms with E-state index in [9.17, 15) is 4.79 Å². The van der Waals surface area contributed by atoms with Crippen LogP contribution in [0.2, 0.25) is 0 Å². The number of hydrogen-bond donors (Lipinski definition) is 0. The summed E-state index contributed by atoms with van der Waals surface area (Å²) in [6.07, 6.45) is 2.30. The summed E-state index contributed by atoms with van der Waals surface area (Å²) in [5.41, 5.74) is 3.34. The first kappa shape index (κ1) is 18.3. The van der Waals surface area contributed by atoms with Gasteiger partial charge >= 0.3 is 0 Å². The van der Waals surface area contributed by atoms with E-state index in [4.69, 9.17) is 18.9 Å². The predicted molar refractivity (Wildman–Crippen MR) is 106 cm³/mol. The Morgan fingerprint density at radius 3 is 2.38 bits per heavy atom. The van der Waals surface area contributed by atoms with Crippen LogP contribution in [-0.4, -0.2) is 43.3 Å². The van der Waals surface area contributed by atoms with Gasteiger partial charge in [0.25, 0.3) is 5.91 Å². The molecular formula is C23H25NO5. The third-order valence-corrected chi connectivity index (χ3v) is 5.62. The molecule has 1 fully saturated rings. The van der Waals surface area contributed by atoms with Gasteiger partial charge in [0.05, 0.1) is 6.61 Å². The molecule has 2 aromatic carbocycles. The Morgan fingerprint density at radius 1 is 0.862 bits per heavy atom. The zero-order valence-corrected chi connectivity index (χ0v) is 16.4. The minimum atomic E-state index is -0.343. The Labute approximate surface area is 170 Å². The number of carbonyl (C=O) groups excluding carboxylic acids is 1. The second kappa shape index (κ2) is 7.95. The number of hydrogen-bond acceptors (Lipinski definition) is 5. The van der Waals surface area contributed by atoms with E-state index >= 15 is 0 Å². The van der Waals surface area contributed by atoms with Crippen molar-refractivity contribution in [2.45, 2.75) is 38.5 Å². The average Bonchev–Trinajstić information content (AvgIpc) is 3.44. The van der Waals surface area contributed by atoms with Gasteiger partial charge in [0.15, 0.2) is 11.5 Å². The summed E-state index contributed by atoms with van der Waals surface area (Å²) in [6.45, 7) is 3.55. The molecule has 1 atom stereocenters. The van der Waals surface area contributed by atoms with Crippen LogP contribution in [0.3, 0.4) is 0 Å². The highest BCUT2D eigenvalue weighted by Gasteiger charge is 2.29. The van der Waals surface area contributed by atoms with Crippen LogP contribution in [0.1, 0.15) is 29.5 Å². The summed E-state index contributed by atoms with van der Waals surface area (Å²) in [6, 6.07) is 12.1. The standard InChI is InChI=1S/C23H25NO5/c25-23(21-2-1-8-26-21)24(14-16-3-5-19-18(12-16)7-9-27-19)15-17-4-6-20-22(13-17)29-11-10-28-20/h3-6,12-13,21H,1-2,7-11,14-15H2/t21-/m1/s1. The highest BCUT2D eigenvalue weighted by molar-refractivity contribution is 5.81. The van der Waals surface area contributed by atoms with E-state index in [0.29, 0.717) is 32.9 Å². The molecule has 0 aliphatic carbocycles. The second-order valence-corrected chi connectivity index (χ2v) is 7.71. The van der Waals surface area contributed by atoms with Crippen LogP contribution in [0.25, 0.3) is 0 Å². The number of ether oxygens (including phenoxy) is 4. The Balaban J connectivity index is 1.38. The predicted octanol–water partition coefficient (Wildman–Crippen LogP) is 3.10. The minimum absolute atomic E-state index is 0.0501. The topological polar surface area (TPSA) is 57.2 Å². The normalized spacial score (nSPS) is 19.5. The fraction of sp³-hybridized carbons (Fsp3) is 0.435. The molecule has 3 aliphatic heterocycles. The summed E-state index contributed by atoms with van der Waals surface area (Å²) in [7, 11) is 0.